The van der Waals surface area contributed by atoms with Crippen molar-refractivity contribution in [3.8, 4) is 0 Å². The maximum Gasteiger partial charge on any atom is 0.0837 e. The highest BCUT2D eigenvalue weighted by molar-refractivity contribution is 5.31. The van der Waals surface area contributed by atoms with E-state index in [0.29, 0.717) is 12.0 Å². The van der Waals surface area contributed by atoms with Crippen LogP contribution in [0.5, 0.6) is 0 Å². The Morgan fingerprint density at radius 1 is 1.45 bits per heavy atom. The summed E-state index contributed by atoms with van der Waals surface area (Å²) in [6.07, 6.45) is 9.24. The summed E-state index contributed by atoms with van der Waals surface area (Å²) in [7, 11) is 1.89. The molecular formula is C17H26N2O. The first kappa shape index (κ1) is 14.0. The summed E-state index contributed by atoms with van der Waals surface area (Å²) in [5.74, 6) is 0.504. The third-order valence-corrected chi connectivity index (χ3v) is 5.25. The van der Waals surface area contributed by atoms with Crippen molar-refractivity contribution in [3.05, 3.63) is 29.6 Å². The molecule has 1 N–H and O–H groups in total. The van der Waals surface area contributed by atoms with Crippen LogP contribution in [0, 0.1) is 0 Å². The van der Waals surface area contributed by atoms with Crippen LogP contribution in [0.4, 0.5) is 0 Å². The van der Waals surface area contributed by atoms with Gasteiger partial charge in [-0.2, -0.15) is 0 Å². The molecule has 20 heavy (non-hydrogen) atoms. The van der Waals surface area contributed by atoms with Crippen LogP contribution < -0.4 is 5.32 Å². The predicted octanol–water partition coefficient (Wildman–Crippen LogP) is 3.05. The maximum absolute atomic E-state index is 6.05. The third kappa shape index (κ3) is 2.27. The molecule has 2 unspecified atom stereocenters. The van der Waals surface area contributed by atoms with Crippen LogP contribution in [0.25, 0.3) is 0 Å². The molecule has 3 nitrogen and oxygen atoms in total. The second kappa shape index (κ2) is 5.82. The van der Waals surface area contributed by atoms with Gasteiger partial charge >= 0.3 is 0 Å². The van der Waals surface area contributed by atoms with E-state index >= 15 is 0 Å². The summed E-state index contributed by atoms with van der Waals surface area (Å²) >= 11 is 0. The molecule has 0 spiro atoms. The molecule has 3 rings (SSSR count). The summed E-state index contributed by atoms with van der Waals surface area (Å²) in [6, 6.07) is 4.70. The first-order valence-electron chi connectivity index (χ1n) is 8.03. The van der Waals surface area contributed by atoms with Gasteiger partial charge in [0.05, 0.1) is 5.60 Å². The van der Waals surface area contributed by atoms with Crippen LogP contribution >= 0.6 is 0 Å². The molecule has 110 valence electrons. The summed E-state index contributed by atoms with van der Waals surface area (Å²) in [5.41, 5.74) is 2.76. The van der Waals surface area contributed by atoms with Crippen LogP contribution in [0.1, 0.15) is 56.2 Å². The Morgan fingerprint density at radius 2 is 2.25 bits per heavy atom. The van der Waals surface area contributed by atoms with Gasteiger partial charge < -0.3 is 10.1 Å². The van der Waals surface area contributed by atoms with Crippen molar-refractivity contribution in [1.29, 1.82) is 0 Å². The molecule has 1 aromatic heterocycles. The summed E-state index contributed by atoms with van der Waals surface area (Å²) < 4.78 is 6.05. The molecule has 0 bridgehead atoms. The van der Waals surface area contributed by atoms with E-state index in [9.17, 15) is 0 Å². The van der Waals surface area contributed by atoms with Crippen LogP contribution in [0.2, 0.25) is 0 Å². The van der Waals surface area contributed by atoms with Gasteiger partial charge in [-0.1, -0.05) is 25.8 Å². The summed E-state index contributed by atoms with van der Waals surface area (Å²) in [5, 5.41) is 3.73. The van der Waals surface area contributed by atoms with E-state index in [4.69, 9.17) is 4.74 Å². The molecule has 1 heterocycles. The van der Waals surface area contributed by atoms with E-state index in [1.54, 1.807) is 0 Å². The number of fused-ring (bicyclic) bond motifs is 1. The van der Waals surface area contributed by atoms with E-state index in [1.807, 2.05) is 13.3 Å². The molecule has 0 saturated heterocycles. The molecule has 2 aliphatic carbocycles. The Hall–Kier alpha value is -0.930. The fourth-order valence-corrected chi connectivity index (χ4v) is 4.30. The Balaban J connectivity index is 1.92. The van der Waals surface area contributed by atoms with E-state index in [-0.39, 0.29) is 5.60 Å². The molecule has 2 aliphatic rings. The van der Waals surface area contributed by atoms with Crippen LogP contribution in [0.15, 0.2) is 18.3 Å². The van der Waals surface area contributed by atoms with Crippen molar-refractivity contribution in [1.82, 2.24) is 10.3 Å². The predicted molar refractivity (Wildman–Crippen MR) is 81.0 cm³/mol. The summed E-state index contributed by atoms with van der Waals surface area (Å²) in [6.45, 7) is 3.19. The molecule has 2 atom stereocenters. The van der Waals surface area contributed by atoms with Gasteiger partial charge in [0.2, 0.25) is 0 Å². The lowest BCUT2D eigenvalue weighted by Gasteiger charge is -2.40. The fourth-order valence-electron chi connectivity index (χ4n) is 4.30. The van der Waals surface area contributed by atoms with Crippen molar-refractivity contribution in [2.24, 2.45) is 0 Å². The van der Waals surface area contributed by atoms with Gasteiger partial charge in [0.1, 0.15) is 0 Å². The minimum Gasteiger partial charge on any atom is -0.377 e. The molecule has 0 radical (unpaired) electrons. The van der Waals surface area contributed by atoms with Gasteiger partial charge in [0, 0.05) is 31.0 Å². The number of methoxy groups -OCH3 is 1. The maximum atomic E-state index is 6.05. The standard InChI is InChI=1S/C17H26N2O/c1-3-18-16(17(20-2)10-4-5-11-17)14-9-8-13-7-6-12-19-15(13)14/h6-7,12,14,16,18H,3-5,8-11H2,1-2H3. The van der Waals surface area contributed by atoms with Gasteiger partial charge in [0.25, 0.3) is 0 Å². The van der Waals surface area contributed by atoms with Crippen molar-refractivity contribution in [3.63, 3.8) is 0 Å². The zero-order chi connectivity index (χ0) is 14.0. The van der Waals surface area contributed by atoms with Gasteiger partial charge in [-0.05, 0) is 43.9 Å². The Labute approximate surface area is 122 Å². The normalized spacial score (nSPS) is 25.6. The number of nitrogens with one attached hydrogen (secondary N) is 1. The molecular weight excluding hydrogens is 248 g/mol. The molecule has 0 aliphatic heterocycles. The van der Waals surface area contributed by atoms with Crippen molar-refractivity contribution in [2.75, 3.05) is 13.7 Å². The highest BCUT2D eigenvalue weighted by atomic mass is 16.5. The smallest absolute Gasteiger partial charge is 0.0837 e. The second-order valence-electron chi connectivity index (χ2n) is 6.20. The van der Waals surface area contributed by atoms with Crippen LogP contribution in [-0.4, -0.2) is 30.3 Å². The Bertz CT molecular complexity index is 454. The second-order valence-corrected chi connectivity index (χ2v) is 6.20. The third-order valence-electron chi connectivity index (χ3n) is 5.25. The van der Waals surface area contributed by atoms with Gasteiger partial charge in [-0.3, -0.25) is 4.98 Å². The number of aryl methyl sites for hydroxylation is 1. The largest absolute Gasteiger partial charge is 0.377 e. The van der Waals surface area contributed by atoms with Gasteiger partial charge in [-0.15, -0.1) is 0 Å². The van der Waals surface area contributed by atoms with Gasteiger partial charge in [0.15, 0.2) is 0 Å². The van der Waals surface area contributed by atoms with E-state index in [0.717, 1.165) is 13.0 Å². The first-order valence-corrected chi connectivity index (χ1v) is 8.03. The lowest BCUT2D eigenvalue weighted by Crippen LogP contribution is -2.53. The van der Waals surface area contributed by atoms with Crippen molar-refractivity contribution in [2.45, 2.75) is 63.0 Å². The number of hydrogen-bond donors (Lipinski definition) is 1. The topological polar surface area (TPSA) is 34.2 Å². The zero-order valence-corrected chi connectivity index (χ0v) is 12.7. The SMILES string of the molecule is CCNC(C1CCc2cccnc21)C1(OC)CCCC1. The number of nitrogens with zero attached hydrogens (tertiary/aromatic N) is 1. The Morgan fingerprint density at radius 3 is 2.95 bits per heavy atom. The molecule has 1 fully saturated rings. The number of ether oxygens (including phenoxy) is 1. The minimum atomic E-state index is 0.0137. The molecule has 0 amide bonds. The Kier molecular flexibility index (Phi) is 4.08. The lowest BCUT2D eigenvalue weighted by molar-refractivity contribution is -0.0428. The molecule has 0 aromatic carbocycles. The lowest BCUT2D eigenvalue weighted by atomic mass is 9.81. The number of rotatable bonds is 5. The molecule has 1 saturated carbocycles. The number of hydrogen-bond acceptors (Lipinski definition) is 3. The van der Waals surface area contributed by atoms with Crippen molar-refractivity contribution >= 4 is 0 Å². The molecule has 1 aromatic rings. The van der Waals surface area contributed by atoms with E-state index in [1.165, 1.54) is 43.4 Å². The quantitative estimate of drug-likeness (QED) is 0.896. The zero-order valence-electron chi connectivity index (χ0n) is 12.7. The average molecular weight is 274 g/mol. The van der Waals surface area contributed by atoms with E-state index < -0.39 is 0 Å². The highest BCUT2D eigenvalue weighted by Gasteiger charge is 2.47. The number of likely N-dealkylation sites (N-methyl/N-ethyl adjacent to an activating group) is 1. The van der Waals surface area contributed by atoms with E-state index in [2.05, 4.69) is 29.4 Å². The van der Waals surface area contributed by atoms with Crippen molar-refractivity contribution < 1.29 is 4.74 Å². The van der Waals surface area contributed by atoms with Gasteiger partial charge in [-0.25, -0.2) is 0 Å². The fraction of sp³-hybridized carbons (Fsp3) is 0.706. The minimum absolute atomic E-state index is 0.0137. The monoisotopic (exact) mass is 274 g/mol. The number of aromatic nitrogens is 1. The highest BCUT2D eigenvalue weighted by Crippen LogP contribution is 2.44. The summed E-state index contributed by atoms with van der Waals surface area (Å²) in [4.78, 5) is 4.69. The first-order chi connectivity index (χ1) is 9.80. The average Bonchev–Trinajstić information content (AvgIpc) is 3.13. The molecule has 3 heteroatoms. The van der Waals surface area contributed by atoms with Crippen LogP contribution in [0.3, 0.4) is 0 Å². The van der Waals surface area contributed by atoms with Crippen LogP contribution in [-0.2, 0) is 11.2 Å². The number of pyridine rings is 1.